The predicted molar refractivity (Wildman–Crippen MR) is 43.7 cm³/mol. The molecule has 1 rings (SSSR count). The maximum Gasteiger partial charge on any atom is 0.295 e. The van der Waals surface area contributed by atoms with Crippen molar-refractivity contribution < 1.29 is 25.9 Å². The third kappa shape index (κ3) is 2.51. The first-order chi connectivity index (χ1) is 6.21. The summed E-state index contributed by atoms with van der Waals surface area (Å²) in [6.07, 6.45) is 0. The third-order valence-electron chi connectivity index (χ3n) is 1.25. The molecule has 1 aromatic rings. The molecule has 14 heavy (non-hydrogen) atoms. The maximum atomic E-state index is 10.5. The van der Waals surface area contributed by atoms with Crippen LogP contribution >= 0.6 is 0 Å². The Morgan fingerprint density at radius 1 is 0.857 bits per heavy atom. The van der Waals surface area contributed by atoms with E-state index in [1.54, 1.807) is 0 Å². The highest BCUT2D eigenvalue weighted by molar-refractivity contribution is 7.86. The molecule has 8 heteroatoms. The molecule has 0 heterocycles. The Kier molecular flexibility index (Phi) is 2.63. The summed E-state index contributed by atoms with van der Waals surface area (Å²) >= 11 is 0. The number of rotatable bonds is 2. The van der Waals surface area contributed by atoms with Gasteiger partial charge in [0.1, 0.15) is 9.79 Å². The highest BCUT2D eigenvalue weighted by Gasteiger charge is 2.13. The summed E-state index contributed by atoms with van der Waals surface area (Å²) in [5.74, 6) is 0. The van der Waals surface area contributed by atoms with Crippen LogP contribution in [0.25, 0.3) is 0 Å². The van der Waals surface area contributed by atoms with Crippen LogP contribution in [0.5, 0.6) is 0 Å². The SMILES string of the molecule is O=S(=O)(O)c1[c]cc(S(=O)(=O)O)[c]c1. The van der Waals surface area contributed by atoms with Crippen molar-refractivity contribution in [2.24, 2.45) is 0 Å². The summed E-state index contributed by atoms with van der Waals surface area (Å²) < 4.78 is 58.9. The van der Waals surface area contributed by atoms with Crippen LogP contribution in [-0.2, 0) is 20.2 Å². The summed E-state index contributed by atoms with van der Waals surface area (Å²) in [4.78, 5) is -1.24. The van der Waals surface area contributed by atoms with Gasteiger partial charge >= 0.3 is 0 Å². The second kappa shape index (κ2) is 3.31. The van der Waals surface area contributed by atoms with E-state index >= 15 is 0 Å². The van der Waals surface area contributed by atoms with Gasteiger partial charge in [-0.15, -0.1) is 0 Å². The van der Waals surface area contributed by atoms with E-state index in [2.05, 4.69) is 0 Å². The molecule has 0 saturated heterocycles. The summed E-state index contributed by atoms with van der Waals surface area (Å²) in [5.41, 5.74) is 0. The quantitative estimate of drug-likeness (QED) is 0.687. The minimum atomic E-state index is -4.43. The van der Waals surface area contributed by atoms with E-state index < -0.39 is 30.0 Å². The van der Waals surface area contributed by atoms with Gasteiger partial charge in [-0.2, -0.15) is 16.8 Å². The van der Waals surface area contributed by atoms with Crippen LogP contribution in [-0.4, -0.2) is 25.9 Å². The van der Waals surface area contributed by atoms with Crippen LogP contribution in [0.2, 0.25) is 0 Å². The van der Waals surface area contributed by atoms with Crippen LogP contribution in [0.15, 0.2) is 21.9 Å². The number of benzene rings is 1. The minimum Gasteiger partial charge on any atom is -0.282 e. The topological polar surface area (TPSA) is 109 Å². The van der Waals surface area contributed by atoms with Crippen LogP contribution in [0.4, 0.5) is 0 Å². The lowest BCUT2D eigenvalue weighted by Gasteiger charge is -1.97. The first kappa shape index (κ1) is 11.1. The third-order valence-corrected chi connectivity index (χ3v) is 2.83. The van der Waals surface area contributed by atoms with E-state index in [-0.39, 0.29) is 0 Å². The molecule has 0 aliphatic rings. The Hall–Kier alpha value is -0.960. The lowest BCUT2D eigenvalue weighted by Crippen LogP contribution is -2.01. The summed E-state index contributed by atoms with van der Waals surface area (Å²) in [7, 11) is -8.86. The molecule has 0 aromatic heterocycles. The van der Waals surface area contributed by atoms with Gasteiger partial charge in [0.15, 0.2) is 0 Å². The first-order valence-corrected chi connectivity index (χ1v) is 5.97. The zero-order valence-electron chi connectivity index (χ0n) is 6.50. The summed E-state index contributed by atoms with van der Waals surface area (Å²) in [6, 6.07) is 5.34. The van der Waals surface area contributed by atoms with Crippen LogP contribution in [0.1, 0.15) is 0 Å². The Morgan fingerprint density at radius 2 is 1.14 bits per heavy atom. The highest BCUT2D eigenvalue weighted by Crippen LogP contribution is 2.12. The molecule has 0 aliphatic carbocycles. The van der Waals surface area contributed by atoms with Gasteiger partial charge in [0.05, 0.1) is 0 Å². The monoisotopic (exact) mass is 236 g/mol. The Morgan fingerprint density at radius 3 is 1.29 bits per heavy atom. The second-order valence-corrected chi connectivity index (χ2v) is 5.04. The van der Waals surface area contributed by atoms with Crippen LogP contribution in [0, 0.1) is 12.1 Å². The number of hydrogen-bond donors (Lipinski definition) is 2. The molecule has 0 fully saturated rings. The normalized spacial score (nSPS) is 12.7. The van der Waals surface area contributed by atoms with E-state index in [1.165, 1.54) is 0 Å². The molecule has 6 nitrogen and oxygen atoms in total. The fraction of sp³-hybridized carbons (Fsp3) is 0. The largest absolute Gasteiger partial charge is 0.295 e. The second-order valence-electron chi connectivity index (χ2n) is 2.26. The fourth-order valence-electron chi connectivity index (χ4n) is 0.655. The molecule has 0 bridgehead atoms. The number of hydrogen-bond acceptors (Lipinski definition) is 4. The molecule has 76 valence electrons. The Bertz CT molecular complexity index is 473. The van der Waals surface area contributed by atoms with Crippen molar-refractivity contribution in [3.8, 4) is 0 Å². The average molecular weight is 236 g/mol. The summed E-state index contributed by atoms with van der Waals surface area (Å²) in [5, 5.41) is 0. The van der Waals surface area contributed by atoms with E-state index in [0.717, 1.165) is 0 Å². The Labute approximate surface area is 80.7 Å². The van der Waals surface area contributed by atoms with Crippen molar-refractivity contribution >= 4 is 20.2 Å². The molecule has 0 aliphatic heterocycles. The van der Waals surface area contributed by atoms with Gasteiger partial charge in [-0.3, -0.25) is 9.11 Å². The molecular weight excluding hydrogens is 232 g/mol. The van der Waals surface area contributed by atoms with Crippen LogP contribution < -0.4 is 0 Å². The molecule has 1 aromatic carbocycles. The minimum absolute atomic E-state index is 0.620. The van der Waals surface area contributed by atoms with Crippen LogP contribution in [0.3, 0.4) is 0 Å². The van der Waals surface area contributed by atoms with Gasteiger partial charge in [-0.25, -0.2) is 0 Å². The zero-order valence-corrected chi connectivity index (χ0v) is 8.13. The molecule has 0 saturated carbocycles. The molecule has 0 amide bonds. The average Bonchev–Trinajstić information content (AvgIpc) is 2.01. The fourth-order valence-corrected chi connectivity index (χ4v) is 1.49. The highest BCUT2D eigenvalue weighted by atomic mass is 32.2. The van der Waals surface area contributed by atoms with Gasteiger partial charge in [-0.1, -0.05) is 0 Å². The van der Waals surface area contributed by atoms with Crippen molar-refractivity contribution in [1.29, 1.82) is 0 Å². The summed E-state index contributed by atoms with van der Waals surface area (Å²) in [6.45, 7) is 0. The standard InChI is InChI=1S/C6H4O6S2/c7-13(8,9)5-1-2-6(4-3-5)14(10,11)12/h1,4H,(H,7,8,9)(H,10,11,12). The molecule has 0 spiro atoms. The molecule has 0 atom stereocenters. The molecular formula is C6H4O6S2. The molecule has 2 N–H and O–H groups in total. The molecule has 2 radical (unpaired) electrons. The van der Waals surface area contributed by atoms with Crippen molar-refractivity contribution in [3.63, 3.8) is 0 Å². The Balaban J connectivity index is 3.28. The predicted octanol–water partition coefficient (Wildman–Crippen LogP) is -0.220. The van der Waals surface area contributed by atoms with Crippen molar-refractivity contribution in [2.75, 3.05) is 0 Å². The van der Waals surface area contributed by atoms with Gasteiger partial charge in [-0.05, 0) is 12.1 Å². The first-order valence-electron chi connectivity index (χ1n) is 3.09. The van der Waals surface area contributed by atoms with Crippen molar-refractivity contribution in [2.45, 2.75) is 9.79 Å². The lowest BCUT2D eigenvalue weighted by atomic mass is 10.4. The molecule has 0 unspecified atom stereocenters. The van der Waals surface area contributed by atoms with E-state index in [1.807, 2.05) is 12.1 Å². The van der Waals surface area contributed by atoms with Gasteiger partial charge in [0, 0.05) is 12.1 Å². The smallest absolute Gasteiger partial charge is 0.282 e. The zero-order chi connectivity index (χ0) is 11.0. The van der Waals surface area contributed by atoms with Gasteiger partial charge in [0.2, 0.25) is 0 Å². The van der Waals surface area contributed by atoms with Crippen molar-refractivity contribution in [3.05, 3.63) is 24.3 Å². The maximum absolute atomic E-state index is 10.5. The van der Waals surface area contributed by atoms with E-state index in [9.17, 15) is 16.8 Å². The van der Waals surface area contributed by atoms with E-state index in [4.69, 9.17) is 9.11 Å². The van der Waals surface area contributed by atoms with Gasteiger partial charge < -0.3 is 0 Å². The van der Waals surface area contributed by atoms with E-state index in [0.29, 0.717) is 12.1 Å². The lowest BCUT2D eigenvalue weighted by molar-refractivity contribution is 0.478. The van der Waals surface area contributed by atoms with Crippen molar-refractivity contribution in [1.82, 2.24) is 0 Å². The van der Waals surface area contributed by atoms with Gasteiger partial charge in [0.25, 0.3) is 20.2 Å².